The predicted molar refractivity (Wildman–Crippen MR) is 69.7 cm³/mol. The van der Waals surface area contributed by atoms with E-state index in [0.29, 0.717) is 18.8 Å². The van der Waals surface area contributed by atoms with Crippen molar-refractivity contribution in [2.45, 2.75) is 25.4 Å². The zero-order valence-electron chi connectivity index (χ0n) is 10.8. The largest absolute Gasteiger partial charge is 0.383 e. The molecule has 0 aliphatic carbocycles. The third kappa shape index (κ3) is 3.34. The molecule has 1 aromatic heterocycles. The number of aromatic nitrogens is 1. The van der Waals surface area contributed by atoms with Gasteiger partial charge in [0.1, 0.15) is 5.69 Å². The van der Waals surface area contributed by atoms with Crippen molar-refractivity contribution >= 4 is 5.91 Å². The molecule has 2 heterocycles. The quantitative estimate of drug-likeness (QED) is 0.806. The average molecular weight is 251 g/mol. The Morgan fingerprint density at radius 1 is 1.67 bits per heavy atom. The Hall–Kier alpha value is -1.33. The van der Waals surface area contributed by atoms with Crippen molar-refractivity contribution in [3.05, 3.63) is 24.0 Å². The molecule has 5 heteroatoms. The number of nitrogens with one attached hydrogen (secondary N) is 2. The van der Waals surface area contributed by atoms with Gasteiger partial charge in [-0.3, -0.25) is 4.79 Å². The second-order valence-corrected chi connectivity index (χ2v) is 4.60. The van der Waals surface area contributed by atoms with Crippen LogP contribution in [0.1, 0.15) is 23.3 Å². The van der Waals surface area contributed by atoms with Crippen LogP contribution in [0.25, 0.3) is 0 Å². The Bertz CT molecular complexity index is 383. The number of piperidine rings is 1. The standard InChI is InChI=1S/C13H21N3O2/c1-18-9-8-16-7-3-5-12(16)13(17)15-11-4-2-6-14-10-11/h3,5,7,11,14H,2,4,6,8-10H2,1H3,(H,15,17)/t11-/m1/s1. The summed E-state index contributed by atoms with van der Waals surface area (Å²) in [6.07, 6.45) is 4.08. The smallest absolute Gasteiger partial charge is 0.268 e. The van der Waals surface area contributed by atoms with Gasteiger partial charge in [-0.25, -0.2) is 0 Å². The summed E-state index contributed by atoms with van der Waals surface area (Å²) in [5, 5.41) is 6.37. The maximum absolute atomic E-state index is 12.2. The van der Waals surface area contributed by atoms with Gasteiger partial charge in [-0.15, -0.1) is 0 Å². The van der Waals surface area contributed by atoms with Gasteiger partial charge in [0.15, 0.2) is 0 Å². The van der Waals surface area contributed by atoms with Gasteiger partial charge in [0.25, 0.3) is 5.91 Å². The summed E-state index contributed by atoms with van der Waals surface area (Å²) in [5.74, 6) is 0.00445. The molecule has 0 radical (unpaired) electrons. The van der Waals surface area contributed by atoms with Crippen molar-refractivity contribution in [3.8, 4) is 0 Å². The molecular formula is C13H21N3O2. The van der Waals surface area contributed by atoms with E-state index in [4.69, 9.17) is 4.74 Å². The lowest BCUT2D eigenvalue weighted by atomic mass is 10.1. The van der Waals surface area contributed by atoms with Crippen LogP contribution in [0.3, 0.4) is 0 Å². The van der Waals surface area contributed by atoms with Crippen LogP contribution in [0, 0.1) is 0 Å². The second-order valence-electron chi connectivity index (χ2n) is 4.60. The molecule has 1 atom stereocenters. The van der Waals surface area contributed by atoms with Crippen molar-refractivity contribution in [2.24, 2.45) is 0 Å². The molecule has 100 valence electrons. The van der Waals surface area contributed by atoms with E-state index in [-0.39, 0.29) is 11.9 Å². The molecule has 1 amide bonds. The lowest BCUT2D eigenvalue weighted by Crippen LogP contribution is -2.46. The van der Waals surface area contributed by atoms with E-state index < -0.39 is 0 Å². The Labute approximate surface area is 108 Å². The highest BCUT2D eigenvalue weighted by molar-refractivity contribution is 5.92. The topological polar surface area (TPSA) is 55.3 Å². The number of methoxy groups -OCH3 is 1. The monoisotopic (exact) mass is 251 g/mol. The minimum atomic E-state index is 0.00445. The molecule has 0 unspecified atom stereocenters. The van der Waals surface area contributed by atoms with Gasteiger partial charge in [-0.1, -0.05) is 0 Å². The van der Waals surface area contributed by atoms with E-state index in [9.17, 15) is 4.79 Å². The highest BCUT2D eigenvalue weighted by Crippen LogP contribution is 2.06. The normalized spacial score (nSPS) is 19.7. The molecule has 1 saturated heterocycles. The number of hydrogen-bond donors (Lipinski definition) is 2. The van der Waals surface area contributed by atoms with Crippen molar-refractivity contribution in [1.82, 2.24) is 15.2 Å². The van der Waals surface area contributed by atoms with Crippen LogP contribution in [-0.2, 0) is 11.3 Å². The van der Waals surface area contributed by atoms with Gasteiger partial charge in [0.2, 0.25) is 0 Å². The van der Waals surface area contributed by atoms with Gasteiger partial charge in [-0.2, -0.15) is 0 Å². The van der Waals surface area contributed by atoms with Gasteiger partial charge in [0, 0.05) is 32.4 Å². The summed E-state index contributed by atoms with van der Waals surface area (Å²) < 4.78 is 6.96. The van der Waals surface area contributed by atoms with Gasteiger partial charge < -0.3 is 19.9 Å². The molecule has 1 aliphatic heterocycles. The molecule has 1 aliphatic rings. The van der Waals surface area contributed by atoms with E-state index in [2.05, 4.69) is 10.6 Å². The fourth-order valence-electron chi connectivity index (χ4n) is 2.24. The van der Waals surface area contributed by atoms with E-state index >= 15 is 0 Å². The number of rotatable bonds is 5. The number of hydrogen-bond acceptors (Lipinski definition) is 3. The zero-order valence-corrected chi connectivity index (χ0v) is 10.8. The first-order valence-corrected chi connectivity index (χ1v) is 6.47. The number of nitrogens with zero attached hydrogens (tertiary/aromatic N) is 1. The van der Waals surface area contributed by atoms with Gasteiger partial charge in [0.05, 0.1) is 6.61 Å². The summed E-state index contributed by atoms with van der Waals surface area (Å²) >= 11 is 0. The Morgan fingerprint density at radius 3 is 3.28 bits per heavy atom. The van der Waals surface area contributed by atoms with Crippen molar-refractivity contribution < 1.29 is 9.53 Å². The SMILES string of the molecule is COCCn1cccc1C(=O)N[C@@H]1CCCNC1. The second kappa shape index (κ2) is 6.56. The maximum Gasteiger partial charge on any atom is 0.268 e. The van der Waals surface area contributed by atoms with Gasteiger partial charge >= 0.3 is 0 Å². The highest BCUT2D eigenvalue weighted by atomic mass is 16.5. The Balaban J connectivity index is 1.93. The third-order valence-electron chi connectivity index (χ3n) is 3.23. The summed E-state index contributed by atoms with van der Waals surface area (Å²) in [7, 11) is 1.66. The first kappa shape index (κ1) is 13.1. The number of amides is 1. The number of carbonyl (C=O) groups is 1. The summed E-state index contributed by atoms with van der Waals surface area (Å²) in [5.41, 5.74) is 0.706. The van der Waals surface area contributed by atoms with Crippen molar-refractivity contribution in [2.75, 3.05) is 26.8 Å². The Kier molecular flexibility index (Phi) is 4.78. The summed E-state index contributed by atoms with van der Waals surface area (Å²) in [6.45, 7) is 3.23. The molecule has 5 nitrogen and oxygen atoms in total. The fraction of sp³-hybridized carbons (Fsp3) is 0.615. The highest BCUT2D eigenvalue weighted by Gasteiger charge is 2.17. The molecular weight excluding hydrogens is 230 g/mol. The van der Waals surface area contributed by atoms with Crippen LogP contribution in [0.15, 0.2) is 18.3 Å². The van der Waals surface area contributed by atoms with Crippen LogP contribution in [-0.4, -0.2) is 43.3 Å². The van der Waals surface area contributed by atoms with Crippen molar-refractivity contribution in [3.63, 3.8) is 0 Å². The molecule has 1 aromatic rings. The predicted octanol–water partition coefficient (Wildman–Crippen LogP) is 0.616. The van der Waals surface area contributed by atoms with E-state index in [1.54, 1.807) is 7.11 Å². The fourth-order valence-corrected chi connectivity index (χ4v) is 2.24. The first-order chi connectivity index (χ1) is 8.81. The van der Waals surface area contributed by atoms with E-state index in [1.165, 1.54) is 0 Å². The van der Waals surface area contributed by atoms with E-state index in [0.717, 1.165) is 25.9 Å². The molecule has 0 saturated carbocycles. The molecule has 18 heavy (non-hydrogen) atoms. The minimum Gasteiger partial charge on any atom is -0.383 e. The van der Waals surface area contributed by atoms with Crippen LogP contribution in [0.5, 0.6) is 0 Å². The number of ether oxygens (including phenoxy) is 1. The maximum atomic E-state index is 12.2. The van der Waals surface area contributed by atoms with Crippen LogP contribution >= 0.6 is 0 Å². The lowest BCUT2D eigenvalue weighted by molar-refractivity contribution is 0.0918. The van der Waals surface area contributed by atoms with Crippen LogP contribution < -0.4 is 10.6 Å². The molecule has 1 fully saturated rings. The summed E-state index contributed by atoms with van der Waals surface area (Å²) in [6, 6.07) is 3.99. The van der Waals surface area contributed by atoms with Crippen LogP contribution in [0.4, 0.5) is 0 Å². The molecule has 2 N–H and O–H groups in total. The molecule has 0 aromatic carbocycles. The first-order valence-electron chi connectivity index (χ1n) is 6.47. The van der Waals surface area contributed by atoms with Crippen LogP contribution in [0.2, 0.25) is 0 Å². The molecule has 0 bridgehead atoms. The Morgan fingerprint density at radius 2 is 2.56 bits per heavy atom. The lowest BCUT2D eigenvalue weighted by Gasteiger charge is -2.24. The summed E-state index contributed by atoms with van der Waals surface area (Å²) in [4.78, 5) is 12.2. The van der Waals surface area contributed by atoms with Crippen molar-refractivity contribution in [1.29, 1.82) is 0 Å². The minimum absolute atomic E-state index is 0.00445. The zero-order chi connectivity index (χ0) is 12.8. The molecule has 2 rings (SSSR count). The number of carbonyl (C=O) groups excluding carboxylic acids is 1. The third-order valence-corrected chi connectivity index (χ3v) is 3.23. The van der Waals surface area contributed by atoms with E-state index in [1.807, 2.05) is 22.9 Å². The molecule has 0 spiro atoms. The average Bonchev–Trinajstić information content (AvgIpc) is 2.86. The van der Waals surface area contributed by atoms with Gasteiger partial charge in [-0.05, 0) is 31.5 Å².